The molecule has 0 saturated carbocycles. The van der Waals surface area contributed by atoms with Crippen LogP contribution in [0.3, 0.4) is 0 Å². The van der Waals surface area contributed by atoms with Gasteiger partial charge in [-0.1, -0.05) is 24.3 Å². The van der Waals surface area contributed by atoms with Crippen molar-refractivity contribution >= 4 is 27.5 Å². The van der Waals surface area contributed by atoms with E-state index in [0.29, 0.717) is 11.1 Å². The molecule has 0 aliphatic rings. The number of hydrogen-bond acceptors (Lipinski definition) is 3. The minimum Gasteiger partial charge on any atom is -0.369 e. The van der Waals surface area contributed by atoms with Crippen LogP contribution in [0, 0.1) is 11.3 Å². The third kappa shape index (κ3) is 3.16. The second-order valence-corrected chi connectivity index (χ2v) is 5.05. The van der Waals surface area contributed by atoms with E-state index in [1.54, 1.807) is 24.3 Å². The molecule has 4 nitrogen and oxygen atoms in total. The topological polar surface area (TPSA) is 78.9 Å². The Kier molecular flexibility index (Phi) is 4.38. The van der Waals surface area contributed by atoms with Gasteiger partial charge in [0, 0.05) is 10.2 Å². The first-order valence-corrected chi connectivity index (χ1v) is 6.71. The van der Waals surface area contributed by atoms with E-state index >= 15 is 0 Å². The maximum Gasteiger partial charge on any atom is 0.244 e. The third-order valence-electron chi connectivity index (χ3n) is 2.81. The Labute approximate surface area is 125 Å². The Bertz CT molecular complexity index is 679. The molecular weight excluding hydrogens is 318 g/mol. The summed E-state index contributed by atoms with van der Waals surface area (Å²) >= 11 is 3.41. The minimum absolute atomic E-state index is 0.489. The summed E-state index contributed by atoms with van der Waals surface area (Å²) in [5.74, 6) is -0.504. The second kappa shape index (κ2) is 6.22. The van der Waals surface area contributed by atoms with Gasteiger partial charge in [0.05, 0.1) is 11.6 Å². The largest absolute Gasteiger partial charge is 0.369 e. The molecule has 0 saturated heterocycles. The zero-order valence-electron chi connectivity index (χ0n) is 10.5. The lowest BCUT2D eigenvalue weighted by Gasteiger charge is -2.18. The SMILES string of the molecule is N#Cc1cccc(C(Nc2ccccc2Br)C(N)=O)c1. The van der Waals surface area contributed by atoms with E-state index in [1.165, 1.54) is 0 Å². The summed E-state index contributed by atoms with van der Waals surface area (Å²) in [6.07, 6.45) is 0. The van der Waals surface area contributed by atoms with Gasteiger partial charge in [-0.15, -0.1) is 0 Å². The van der Waals surface area contributed by atoms with Gasteiger partial charge >= 0.3 is 0 Å². The fraction of sp³-hybridized carbons (Fsp3) is 0.0667. The van der Waals surface area contributed by atoms with Crippen LogP contribution in [0.2, 0.25) is 0 Å². The lowest BCUT2D eigenvalue weighted by Crippen LogP contribution is -2.27. The molecule has 0 aliphatic heterocycles. The van der Waals surface area contributed by atoms with E-state index in [-0.39, 0.29) is 0 Å². The van der Waals surface area contributed by atoms with Crippen molar-refractivity contribution in [2.24, 2.45) is 5.73 Å². The van der Waals surface area contributed by atoms with E-state index < -0.39 is 11.9 Å². The molecule has 20 heavy (non-hydrogen) atoms. The molecule has 0 aliphatic carbocycles. The number of primary amides is 1. The Balaban J connectivity index is 2.35. The number of benzene rings is 2. The number of nitrogens with two attached hydrogens (primary N) is 1. The number of para-hydroxylation sites is 1. The van der Waals surface area contributed by atoms with Gasteiger partial charge in [0.15, 0.2) is 0 Å². The first-order chi connectivity index (χ1) is 9.61. The Hall–Kier alpha value is -2.32. The van der Waals surface area contributed by atoms with Crippen LogP contribution < -0.4 is 11.1 Å². The number of anilines is 1. The number of nitrogens with one attached hydrogen (secondary N) is 1. The van der Waals surface area contributed by atoms with Crippen LogP contribution in [0.25, 0.3) is 0 Å². The minimum atomic E-state index is -0.693. The molecule has 5 heteroatoms. The second-order valence-electron chi connectivity index (χ2n) is 4.20. The molecule has 0 spiro atoms. The highest BCUT2D eigenvalue weighted by molar-refractivity contribution is 9.10. The van der Waals surface area contributed by atoms with Crippen LogP contribution in [-0.4, -0.2) is 5.91 Å². The van der Waals surface area contributed by atoms with E-state index in [2.05, 4.69) is 21.2 Å². The quantitative estimate of drug-likeness (QED) is 0.904. The van der Waals surface area contributed by atoms with Crippen molar-refractivity contribution in [3.8, 4) is 6.07 Å². The smallest absolute Gasteiger partial charge is 0.244 e. The fourth-order valence-corrected chi connectivity index (χ4v) is 2.24. The van der Waals surface area contributed by atoms with Crippen molar-refractivity contribution in [1.29, 1.82) is 5.26 Å². The van der Waals surface area contributed by atoms with Gasteiger partial charge in [0.2, 0.25) is 5.91 Å². The number of hydrogen-bond donors (Lipinski definition) is 2. The number of carbonyl (C=O) groups is 1. The van der Waals surface area contributed by atoms with Crippen molar-refractivity contribution in [1.82, 2.24) is 0 Å². The predicted octanol–water partition coefficient (Wildman–Crippen LogP) is 2.96. The summed E-state index contributed by atoms with van der Waals surface area (Å²) in [7, 11) is 0. The molecule has 0 heterocycles. The molecule has 0 aromatic heterocycles. The van der Waals surface area contributed by atoms with Crippen molar-refractivity contribution in [3.63, 3.8) is 0 Å². The monoisotopic (exact) mass is 329 g/mol. The predicted molar refractivity (Wildman–Crippen MR) is 80.9 cm³/mol. The van der Waals surface area contributed by atoms with Crippen molar-refractivity contribution in [3.05, 3.63) is 64.1 Å². The molecule has 3 N–H and O–H groups in total. The van der Waals surface area contributed by atoms with Gasteiger partial charge < -0.3 is 11.1 Å². The number of halogens is 1. The van der Waals surface area contributed by atoms with Crippen LogP contribution >= 0.6 is 15.9 Å². The Morgan fingerprint density at radius 1 is 1.25 bits per heavy atom. The third-order valence-corrected chi connectivity index (χ3v) is 3.50. The first-order valence-electron chi connectivity index (χ1n) is 5.92. The Morgan fingerprint density at radius 2 is 2.00 bits per heavy atom. The molecule has 1 atom stereocenters. The van der Waals surface area contributed by atoms with Crippen molar-refractivity contribution < 1.29 is 4.79 Å². The van der Waals surface area contributed by atoms with Crippen LogP contribution in [0.1, 0.15) is 17.2 Å². The van der Waals surface area contributed by atoms with E-state index in [4.69, 9.17) is 11.0 Å². The van der Waals surface area contributed by atoms with Crippen molar-refractivity contribution in [2.75, 3.05) is 5.32 Å². The molecule has 0 fully saturated rings. The zero-order chi connectivity index (χ0) is 14.5. The van der Waals surface area contributed by atoms with E-state index in [9.17, 15) is 4.79 Å². The lowest BCUT2D eigenvalue weighted by atomic mass is 10.0. The van der Waals surface area contributed by atoms with Gasteiger partial charge in [-0.05, 0) is 45.8 Å². The highest BCUT2D eigenvalue weighted by Crippen LogP contribution is 2.26. The molecule has 100 valence electrons. The Morgan fingerprint density at radius 3 is 2.65 bits per heavy atom. The number of amides is 1. The number of carbonyl (C=O) groups excluding carboxylic acids is 1. The summed E-state index contributed by atoms with van der Waals surface area (Å²) < 4.78 is 0.836. The van der Waals surface area contributed by atoms with Gasteiger partial charge in [0.1, 0.15) is 6.04 Å². The summed E-state index contributed by atoms with van der Waals surface area (Å²) in [6, 6.07) is 15.6. The number of nitriles is 1. The number of nitrogens with zero attached hydrogens (tertiary/aromatic N) is 1. The lowest BCUT2D eigenvalue weighted by molar-refractivity contribution is -0.118. The van der Waals surface area contributed by atoms with Gasteiger partial charge in [-0.3, -0.25) is 4.79 Å². The highest BCUT2D eigenvalue weighted by Gasteiger charge is 2.18. The zero-order valence-corrected chi connectivity index (χ0v) is 12.1. The molecule has 2 aromatic carbocycles. The maximum absolute atomic E-state index is 11.7. The van der Waals surface area contributed by atoms with Gasteiger partial charge in [0.25, 0.3) is 0 Å². The maximum atomic E-state index is 11.7. The first kappa shape index (κ1) is 14.1. The molecule has 0 bridgehead atoms. The van der Waals surface area contributed by atoms with Gasteiger partial charge in [-0.25, -0.2) is 0 Å². The van der Waals surface area contributed by atoms with Crippen LogP contribution in [0.15, 0.2) is 53.0 Å². The molecule has 1 unspecified atom stereocenters. The molecule has 0 radical (unpaired) electrons. The average molecular weight is 330 g/mol. The summed E-state index contributed by atoms with van der Waals surface area (Å²) in [5.41, 5.74) is 7.37. The molecule has 1 amide bonds. The molecule has 2 aromatic rings. The van der Waals surface area contributed by atoms with E-state index in [1.807, 2.05) is 30.3 Å². The van der Waals surface area contributed by atoms with Crippen LogP contribution in [0.5, 0.6) is 0 Å². The molecular formula is C15H12BrN3O. The van der Waals surface area contributed by atoms with Crippen LogP contribution in [-0.2, 0) is 4.79 Å². The summed E-state index contributed by atoms with van der Waals surface area (Å²) in [5, 5.41) is 12.0. The standard InChI is InChI=1S/C15H12BrN3O/c16-12-6-1-2-7-13(12)19-14(15(18)20)11-5-3-4-10(8-11)9-17/h1-8,14,19H,(H2,18,20). The normalized spacial score (nSPS) is 11.4. The fourth-order valence-electron chi connectivity index (χ4n) is 1.84. The number of rotatable bonds is 4. The summed E-state index contributed by atoms with van der Waals surface area (Å²) in [6.45, 7) is 0. The summed E-state index contributed by atoms with van der Waals surface area (Å²) in [4.78, 5) is 11.7. The molecule has 2 rings (SSSR count). The van der Waals surface area contributed by atoms with Crippen molar-refractivity contribution in [2.45, 2.75) is 6.04 Å². The van der Waals surface area contributed by atoms with Crippen LogP contribution in [0.4, 0.5) is 5.69 Å². The average Bonchev–Trinajstić information content (AvgIpc) is 2.46. The van der Waals surface area contributed by atoms with Gasteiger partial charge in [-0.2, -0.15) is 5.26 Å². The van der Waals surface area contributed by atoms with E-state index in [0.717, 1.165) is 10.2 Å². The highest BCUT2D eigenvalue weighted by atomic mass is 79.9.